The molecule has 0 amide bonds. The number of ether oxygens (including phenoxy) is 1. The van der Waals surface area contributed by atoms with E-state index in [1.807, 2.05) is 18.0 Å². The molecule has 1 aromatic heterocycles. The smallest absolute Gasteiger partial charge is 0.179 e. The van der Waals surface area contributed by atoms with Gasteiger partial charge < -0.3 is 9.64 Å². The largest absolute Gasteiger partial charge is 0.495 e. The number of rotatable bonds is 6. The first kappa shape index (κ1) is 17.3. The molecule has 0 aliphatic heterocycles. The molecule has 2 rings (SSSR count). The number of hydrogen-bond donors (Lipinski definition) is 1. The first-order valence-electron chi connectivity index (χ1n) is 7.35. The van der Waals surface area contributed by atoms with Crippen molar-refractivity contribution in [2.45, 2.75) is 31.2 Å². The molecular weight excluding hydrogens is 314 g/mol. The van der Waals surface area contributed by atoms with Crippen LogP contribution in [0, 0.1) is 0 Å². The van der Waals surface area contributed by atoms with Gasteiger partial charge in [0.25, 0.3) is 0 Å². The van der Waals surface area contributed by atoms with E-state index in [1.54, 1.807) is 18.2 Å². The summed E-state index contributed by atoms with van der Waals surface area (Å²) in [5.41, 5.74) is 2.03. The zero-order valence-corrected chi connectivity index (χ0v) is 14.9. The van der Waals surface area contributed by atoms with Gasteiger partial charge in [-0.3, -0.25) is 5.10 Å². The van der Waals surface area contributed by atoms with Crippen molar-refractivity contribution in [2.24, 2.45) is 0 Å². The zero-order valence-electron chi connectivity index (χ0n) is 14.1. The topological polar surface area (TPSA) is 75.3 Å². The van der Waals surface area contributed by atoms with Crippen LogP contribution in [-0.2, 0) is 16.4 Å². The van der Waals surface area contributed by atoms with Gasteiger partial charge in [-0.15, -0.1) is 0 Å². The van der Waals surface area contributed by atoms with Gasteiger partial charge in [0.15, 0.2) is 15.7 Å². The third kappa shape index (κ3) is 4.04. The fourth-order valence-corrected chi connectivity index (χ4v) is 3.11. The minimum atomic E-state index is -3.31. The second kappa shape index (κ2) is 6.62. The summed E-state index contributed by atoms with van der Waals surface area (Å²) < 4.78 is 28.7. The van der Waals surface area contributed by atoms with Gasteiger partial charge in [-0.2, -0.15) is 5.10 Å². The average molecular weight is 337 g/mol. The molecule has 23 heavy (non-hydrogen) atoms. The average Bonchev–Trinajstić information content (AvgIpc) is 2.96. The Bertz CT molecular complexity index is 782. The van der Waals surface area contributed by atoms with Crippen molar-refractivity contribution >= 4 is 15.7 Å². The van der Waals surface area contributed by atoms with Crippen LogP contribution < -0.4 is 9.64 Å². The van der Waals surface area contributed by atoms with Crippen LogP contribution in [0.15, 0.2) is 29.2 Å². The minimum absolute atomic E-state index is 0.202. The monoisotopic (exact) mass is 337 g/mol. The van der Waals surface area contributed by atoms with Crippen LogP contribution in [0.4, 0.5) is 5.82 Å². The van der Waals surface area contributed by atoms with Gasteiger partial charge in [0, 0.05) is 31.6 Å². The maximum Gasteiger partial charge on any atom is 0.179 e. The SMILES string of the molecule is COc1cc(CN(C)c2cc(C(C)C)[nH]n2)ccc1S(C)(=O)=O. The van der Waals surface area contributed by atoms with Crippen molar-refractivity contribution in [3.05, 3.63) is 35.5 Å². The summed E-state index contributed by atoms with van der Waals surface area (Å²) in [6, 6.07) is 7.16. The van der Waals surface area contributed by atoms with E-state index in [4.69, 9.17) is 4.74 Å². The number of aromatic amines is 1. The second-order valence-corrected chi connectivity index (χ2v) is 7.93. The van der Waals surface area contributed by atoms with E-state index in [9.17, 15) is 8.42 Å². The summed E-state index contributed by atoms with van der Waals surface area (Å²) in [6.45, 7) is 4.81. The lowest BCUT2D eigenvalue weighted by atomic mass is 10.1. The Labute approximate surface area is 137 Å². The third-order valence-corrected chi connectivity index (χ3v) is 4.78. The van der Waals surface area contributed by atoms with E-state index in [0.717, 1.165) is 17.1 Å². The molecule has 0 radical (unpaired) electrons. The first-order valence-corrected chi connectivity index (χ1v) is 9.25. The van der Waals surface area contributed by atoms with Gasteiger partial charge >= 0.3 is 0 Å². The molecule has 0 bridgehead atoms. The van der Waals surface area contributed by atoms with Crippen molar-refractivity contribution in [1.82, 2.24) is 10.2 Å². The third-order valence-electron chi connectivity index (χ3n) is 3.64. The number of aromatic nitrogens is 2. The molecule has 1 heterocycles. The van der Waals surface area contributed by atoms with Crippen molar-refractivity contribution < 1.29 is 13.2 Å². The molecule has 2 aromatic rings. The molecule has 6 nitrogen and oxygen atoms in total. The van der Waals surface area contributed by atoms with Crippen molar-refractivity contribution in [3.63, 3.8) is 0 Å². The standard InChI is InChI=1S/C16H23N3O3S/c1-11(2)13-9-16(18-17-13)19(3)10-12-6-7-15(23(5,20)21)14(8-12)22-4/h6-9,11H,10H2,1-5H3,(H,17,18). The summed E-state index contributed by atoms with van der Waals surface area (Å²) in [6.07, 6.45) is 1.17. The van der Waals surface area contributed by atoms with E-state index >= 15 is 0 Å². The van der Waals surface area contributed by atoms with E-state index in [1.165, 1.54) is 13.4 Å². The molecule has 0 fully saturated rings. The summed E-state index contributed by atoms with van der Waals surface area (Å²) >= 11 is 0. The first-order chi connectivity index (χ1) is 10.7. The number of benzene rings is 1. The lowest BCUT2D eigenvalue weighted by Gasteiger charge is -2.17. The Hall–Kier alpha value is -2.02. The van der Waals surface area contributed by atoms with Crippen LogP contribution in [0.5, 0.6) is 5.75 Å². The van der Waals surface area contributed by atoms with Crippen LogP contribution >= 0.6 is 0 Å². The highest BCUT2D eigenvalue weighted by Gasteiger charge is 2.15. The Balaban J connectivity index is 2.22. The van der Waals surface area contributed by atoms with E-state index < -0.39 is 9.84 Å². The summed E-state index contributed by atoms with van der Waals surface area (Å²) in [4.78, 5) is 2.20. The summed E-state index contributed by atoms with van der Waals surface area (Å²) in [5, 5.41) is 7.33. The highest BCUT2D eigenvalue weighted by Crippen LogP contribution is 2.26. The fourth-order valence-electron chi connectivity index (χ4n) is 2.29. The van der Waals surface area contributed by atoms with Crippen molar-refractivity contribution in [3.8, 4) is 5.75 Å². The lowest BCUT2D eigenvalue weighted by Crippen LogP contribution is -2.17. The Morgan fingerprint density at radius 1 is 1.30 bits per heavy atom. The normalized spacial score (nSPS) is 11.7. The van der Waals surface area contributed by atoms with Crippen LogP contribution in [0.1, 0.15) is 31.0 Å². The quantitative estimate of drug-likeness (QED) is 0.877. The molecular formula is C16H23N3O3S. The van der Waals surface area contributed by atoms with Crippen molar-refractivity contribution in [2.75, 3.05) is 25.3 Å². The maximum atomic E-state index is 11.7. The molecule has 0 saturated heterocycles. The minimum Gasteiger partial charge on any atom is -0.495 e. The molecule has 0 aliphatic carbocycles. The number of nitrogens with one attached hydrogen (secondary N) is 1. The summed E-state index contributed by atoms with van der Waals surface area (Å²) in [5.74, 6) is 1.60. The Kier molecular flexibility index (Phi) is 4.99. The lowest BCUT2D eigenvalue weighted by molar-refractivity contribution is 0.402. The number of hydrogen-bond acceptors (Lipinski definition) is 5. The molecule has 0 unspecified atom stereocenters. The molecule has 0 atom stereocenters. The van der Waals surface area contributed by atoms with Gasteiger partial charge in [0.05, 0.1) is 7.11 Å². The maximum absolute atomic E-state index is 11.7. The second-order valence-electron chi connectivity index (χ2n) is 5.95. The number of nitrogens with zero attached hydrogens (tertiary/aromatic N) is 2. The molecule has 0 spiro atoms. The van der Waals surface area contributed by atoms with E-state index in [0.29, 0.717) is 18.2 Å². The number of methoxy groups -OCH3 is 1. The van der Waals surface area contributed by atoms with Gasteiger partial charge in [-0.25, -0.2) is 8.42 Å². The fraction of sp³-hybridized carbons (Fsp3) is 0.438. The van der Waals surface area contributed by atoms with Gasteiger partial charge in [0.2, 0.25) is 0 Å². The summed E-state index contributed by atoms with van der Waals surface area (Å²) in [7, 11) is 0.109. The Morgan fingerprint density at radius 2 is 2.00 bits per heavy atom. The number of sulfone groups is 1. The predicted octanol–water partition coefficient (Wildman–Crippen LogP) is 2.58. The predicted molar refractivity (Wildman–Crippen MR) is 90.9 cm³/mol. The molecule has 7 heteroatoms. The molecule has 0 aliphatic rings. The van der Waals surface area contributed by atoms with E-state index in [2.05, 4.69) is 24.0 Å². The van der Waals surface area contributed by atoms with Crippen LogP contribution in [0.3, 0.4) is 0 Å². The highest BCUT2D eigenvalue weighted by molar-refractivity contribution is 7.90. The van der Waals surface area contributed by atoms with Gasteiger partial charge in [-0.1, -0.05) is 19.9 Å². The highest BCUT2D eigenvalue weighted by atomic mass is 32.2. The number of H-pyrrole nitrogens is 1. The molecule has 0 saturated carbocycles. The Morgan fingerprint density at radius 3 is 2.52 bits per heavy atom. The van der Waals surface area contributed by atoms with Crippen LogP contribution in [0.2, 0.25) is 0 Å². The molecule has 1 aromatic carbocycles. The number of anilines is 1. The van der Waals surface area contributed by atoms with Gasteiger partial charge in [-0.05, 0) is 23.6 Å². The van der Waals surface area contributed by atoms with Crippen LogP contribution in [-0.4, -0.2) is 39.0 Å². The molecule has 126 valence electrons. The zero-order chi connectivity index (χ0) is 17.2. The van der Waals surface area contributed by atoms with E-state index in [-0.39, 0.29) is 4.90 Å². The molecule has 1 N–H and O–H groups in total. The van der Waals surface area contributed by atoms with Crippen molar-refractivity contribution in [1.29, 1.82) is 0 Å². The van der Waals surface area contributed by atoms with Crippen LogP contribution in [0.25, 0.3) is 0 Å². The van der Waals surface area contributed by atoms with Gasteiger partial charge in [0.1, 0.15) is 10.6 Å².